The Morgan fingerprint density at radius 3 is 2.10 bits per heavy atom. The van der Waals surface area contributed by atoms with Crippen LogP contribution in [0.2, 0.25) is 0 Å². The van der Waals surface area contributed by atoms with Gasteiger partial charge in [0.1, 0.15) is 5.75 Å². The lowest BCUT2D eigenvalue weighted by Gasteiger charge is -2.30. The zero-order valence-corrected chi connectivity index (χ0v) is 18.4. The normalized spacial score (nSPS) is 18.8. The van der Waals surface area contributed by atoms with Crippen LogP contribution >= 0.6 is 0 Å². The molecule has 1 saturated heterocycles. The van der Waals surface area contributed by atoms with Crippen LogP contribution in [0.3, 0.4) is 0 Å². The van der Waals surface area contributed by atoms with Gasteiger partial charge in [0, 0.05) is 11.5 Å². The first-order valence-corrected chi connectivity index (χ1v) is 11.4. The van der Waals surface area contributed by atoms with Crippen molar-refractivity contribution in [3.63, 3.8) is 0 Å². The van der Waals surface area contributed by atoms with Crippen LogP contribution in [0.1, 0.15) is 73.8 Å². The number of hydrogen-bond acceptors (Lipinski definition) is 3. The largest absolute Gasteiger partial charge is 0.494 e. The summed E-state index contributed by atoms with van der Waals surface area (Å²) in [6, 6.07) is 16.8. The van der Waals surface area contributed by atoms with Gasteiger partial charge < -0.3 is 14.2 Å². The lowest BCUT2D eigenvalue weighted by atomic mass is 9.99. The molecule has 0 aromatic heterocycles. The number of rotatable bonds is 12. The number of hydrogen-bond donors (Lipinski definition) is 0. The third kappa shape index (κ3) is 7.30. The maximum atomic E-state index is 5.99. The fourth-order valence-corrected chi connectivity index (χ4v) is 3.74. The molecular formula is C27H36O3. The molecule has 0 spiro atoms. The second-order valence-electron chi connectivity index (χ2n) is 8.22. The first kappa shape index (κ1) is 22.6. The van der Waals surface area contributed by atoms with Gasteiger partial charge in [0.2, 0.25) is 0 Å². The van der Waals surface area contributed by atoms with E-state index in [2.05, 4.69) is 37.8 Å². The molecule has 2 aromatic rings. The summed E-state index contributed by atoms with van der Waals surface area (Å²) in [5.41, 5.74) is 3.60. The summed E-state index contributed by atoms with van der Waals surface area (Å²) in [6.07, 6.45) is 10.4. The molecular weight excluding hydrogens is 372 g/mol. The molecule has 0 bridgehead atoms. The molecule has 0 radical (unpaired) electrons. The molecule has 3 heteroatoms. The van der Waals surface area contributed by atoms with Gasteiger partial charge in [-0.25, -0.2) is 0 Å². The van der Waals surface area contributed by atoms with Crippen LogP contribution in [0.25, 0.3) is 0 Å². The van der Waals surface area contributed by atoms with E-state index in [0.29, 0.717) is 19.1 Å². The molecule has 0 amide bonds. The lowest BCUT2D eigenvalue weighted by Crippen LogP contribution is -2.25. The first-order chi connectivity index (χ1) is 14.8. The maximum Gasteiger partial charge on any atom is 0.183 e. The average molecular weight is 409 g/mol. The van der Waals surface area contributed by atoms with Gasteiger partial charge in [-0.1, -0.05) is 73.7 Å². The molecule has 3 rings (SSSR count). The van der Waals surface area contributed by atoms with Crippen molar-refractivity contribution in [1.29, 1.82) is 0 Å². The van der Waals surface area contributed by atoms with E-state index in [1.807, 2.05) is 30.3 Å². The topological polar surface area (TPSA) is 27.7 Å². The minimum Gasteiger partial charge on any atom is -0.494 e. The summed E-state index contributed by atoms with van der Waals surface area (Å²) in [4.78, 5) is 0. The number of allylic oxidation sites excluding steroid dienone is 1. The molecule has 0 N–H and O–H groups in total. The van der Waals surface area contributed by atoms with Gasteiger partial charge in [0.15, 0.2) is 6.29 Å². The van der Waals surface area contributed by atoms with E-state index < -0.39 is 0 Å². The van der Waals surface area contributed by atoms with Crippen LogP contribution in [0.15, 0.2) is 61.2 Å². The van der Waals surface area contributed by atoms with E-state index in [-0.39, 0.29) is 6.29 Å². The van der Waals surface area contributed by atoms with Crippen molar-refractivity contribution in [3.8, 4) is 5.75 Å². The van der Waals surface area contributed by atoms with E-state index in [1.165, 1.54) is 43.2 Å². The molecule has 1 heterocycles. The summed E-state index contributed by atoms with van der Waals surface area (Å²) < 4.78 is 17.9. The highest BCUT2D eigenvalue weighted by molar-refractivity contribution is 5.29. The molecule has 0 unspecified atom stereocenters. The van der Waals surface area contributed by atoms with Gasteiger partial charge in [-0.05, 0) is 43.9 Å². The SMILES string of the molecule is C=CCCCCCCCCOc1ccc(C2OCC(c3ccc(C)cc3)CO2)cc1. The predicted octanol–water partition coefficient (Wildman–Crippen LogP) is 7.12. The van der Waals surface area contributed by atoms with E-state index in [1.54, 1.807) is 0 Å². The van der Waals surface area contributed by atoms with Crippen LogP contribution in [0.5, 0.6) is 5.75 Å². The minimum atomic E-state index is -0.290. The third-order valence-corrected chi connectivity index (χ3v) is 5.67. The van der Waals surface area contributed by atoms with E-state index in [4.69, 9.17) is 14.2 Å². The first-order valence-electron chi connectivity index (χ1n) is 11.4. The maximum absolute atomic E-state index is 5.99. The summed E-state index contributed by atoms with van der Waals surface area (Å²) in [7, 11) is 0. The second kappa shape index (κ2) is 12.6. The van der Waals surface area contributed by atoms with Gasteiger partial charge in [-0.15, -0.1) is 6.58 Å². The van der Waals surface area contributed by atoms with Gasteiger partial charge in [0.25, 0.3) is 0 Å². The number of benzene rings is 2. The summed E-state index contributed by atoms with van der Waals surface area (Å²) >= 11 is 0. The summed E-state index contributed by atoms with van der Waals surface area (Å²) in [5, 5.41) is 0. The fraction of sp³-hybridized carbons (Fsp3) is 0.481. The Hall–Kier alpha value is -2.10. The monoisotopic (exact) mass is 408 g/mol. The van der Waals surface area contributed by atoms with Gasteiger partial charge in [0.05, 0.1) is 19.8 Å². The zero-order chi connectivity index (χ0) is 21.0. The molecule has 2 aromatic carbocycles. The second-order valence-corrected chi connectivity index (χ2v) is 8.22. The quantitative estimate of drug-likeness (QED) is 0.276. The van der Waals surface area contributed by atoms with Crippen molar-refractivity contribution >= 4 is 0 Å². The Morgan fingerprint density at radius 2 is 1.43 bits per heavy atom. The highest BCUT2D eigenvalue weighted by Gasteiger charge is 2.24. The number of ether oxygens (including phenoxy) is 3. The fourth-order valence-electron chi connectivity index (χ4n) is 3.74. The highest BCUT2D eigenvalue weighted by atomic mass is 16.7. The number of aryl methyl sites for hydroxylation is 1. The van der Waals surface area contributed by atoms with E-state index in [9.17, 15) is 0 Å². The van der Waals surface area contributed by atoms with E-state index in [0.717, 1.165) is 30.8 Å². The Bertz CT molecular complexity index is 728. The molecule has 0 atom stereocenters. The van der Waals surface area contributed by atoms with Crippen molar-refractivity contribution in [3.05, 3.63) is 77.9 Å². The van der Waals surface area contributed by atoms with Crippen molar-refractivity contribution in [2.24, 2.45) is 0 Å². The van der Waals surface area contributed by atoms with Crippen molar-refractivity contribution < 1.29 is 14.2 Å². The number of unbranched alkanes of at least 4 members (excludes halogenated alkanes) is 6. The molecule has 0 aliphatic carbocycles. The third-order valence-electron chi connectivity index (χ3n) is 5.67. The van der Waals surface area contributed by atoms with Crippen LogP contribution in [-0.2, 0) is 9.47 Å². The zero-order valence-electron chi connectivity index (χ0n) is 18.4. The van der Waals surface area contributed by atoms with Crippen LogP contribution in [0, 0.1) is 6.92 Å². The van der Waals surface area contributed by atoms with E-state index >= 15 is 0 Å². The molecule has 30 heavy (non-hydrogen) atoms. The Morgan fingerprint density at radius 1 is 0.833 bits per heavy atom. The van der Waals surface area contributed by atoms with Crippen LogP contribution < -0.4 is 4.74 Å². The summed E-state index contributed by atoms with van der Waals surface area (Å²) in [5.74, 6) is 1.21. The average Bonchev–Trinajstić information content (AvgIpc) is 2.79. The highest BCUT2D eigenvalue weighted by Crippen LogP contribution is 2.30. The Labute approximate surface area is 182 Å². The molecule has 1 aliphatic heterocycles. The molecule has 1 fully saturated rings. The van der Waals surface area contributed by atoms with Crippen molar-refractivity contribution in [1.82, 2.24) is 0 Å². The molecule has 1 aliphatic rings. The summed E-state index contributed by atoms with van der Waals surface area (Å²) in [6.45, 7) is 8.01. The van der Waals surface area contributed by atoms with Gasteiger partial charge in [-0.2, -0.15) is 0 Å². The molecule has 162 valence electrons. The smallest absolute Gasteiger partial charge is 0.183 e. The van der Waals surface area contributed by atoms with Gasteiger partial charge >= 0.3 is 0 Å². The standard InChI is InChI=1S/C27H36O3/c1-3-4-5-6-7-8-9-10-19-28-26-17-15-24(16-18-26)27-29-20-25(21-30-27)23-13-11-22(2)12-14-23/h3,11-18,25,27H,1,4-10,19-21H2,2H3. The Kier molecular flexibility index (Phi) is 9.46. The van der Waals surface area contributed by atoms with Crippen LogP contribution in [-0.4, -0.2) is 19.8 Å². The van der Waals surface area contributed by atoms with Crippen molar-refractivity contribution in [2.75, 3.05) is 19.8 Å². The van der Waals surface area contributed by atoms with Gasteiger partial charge in [-0.3, -0.25) is 0 Å². The lowest BCUT2D eigenvalue weighted by molar-refractivity contribution is -0.191. The van der Waals surface area contributed by atoms with Crippen LogP contribution in [0.4, 0.5) is 0 Å². The Balaban J connectivity index is 1.33. The molecule has 0 saturated carbocycles. The minimum absolute atomic E-state index is 0.290. The van der Waals surface area contributed by atoms with Crippen molar-refractivity contribution in [2.45, 2.75) is 64.1 Å². The predicted molar refractivity (Wildman–Crippen MR) is 123 cm³/mol. The molecule has 3 nitrogen and oxygen atoms in total.